The number of benzene rings is 1. The molecule has 0 saturated carbocycles. The highest BCUT2D eigenvalue weighted by molar-refractivity contribution is 9.10. The average Bonchev–Trinajstić information content (AvgIpc) is 2.75. The highest BCUT2D eigenvalue weighted by Gasteiger charge is 2.18. The molecule has 1 unspecified atom stereocenters. The Morgan fingerprint density at radius 2 is 2.38 bits per heavy atom. The number of halogens is 1. The van der Waals surface area contributed by atoms with Crippen molar-refractivity contribution in [2.75, 3.05) is 13.1 Å². The molecular formula is C12H14BrN3. The lowest BCUT2D eigenvalue weighted by atomic mass is 10.1. The molecule has 1 aliphatic rings. The Labute approximate surface area is 103 Å². The quantitative estimate of drug-likeness (QED) is 0.870. The van der Waals surface area contributed by atoms with Gasteiger partial charge in [-0.15, -0.1) is 0 Å². The van der Waals surface area contributed by atoms with Crippen molar-refractivity contribution >= 4 is 26.8 Å². The van der Waals surface area contributed by atoms with Gasteiger partial charge in [-0.3, -0.25) is 4.68 Å². The van der Waals surface area contributed by atoms with Crippen LogP contribution in [-0.4, -0.2) is 22.9 Å². The van der Waals surface area contributed by atoms with Gasteiger partial charge in [-0.05, 0) is 41.4 Å². The first-order valence-corrected chi connectivity index (χ1v) is 6.48. The maximum absolute atomic E-state index is 4.53. The van der Waals surface area contributed by atoms with E-state index in [9.17, 15) is 0 Å². The molecule has 3 rings (SSSR count). The lowest BCUT2D eigenvalue weighted by molar-refractivity contribution is 0.354. The number of aromatic nitrogens is 2. The van der Waals surface area contributed by atoms with Crippen molar-refractivity contribution in [1.29, 1.82) is 0 Å². The normalized spacial score (nSPS) is 21.4. The van der Waals surface area contributed by atoms with Gasteiger partial charge in [-0.2, -0.15) is 5.10 Å². The monoisotopic (exact) mass is 279 g/mol. The van der Waals surface area contributed by atoms with Crippen LogP contribution in [0, 0.1) is 0 Å². The number of nitrogens with one attached hydrogen (secondary N) is 1. The summed E-state index contributed by atoms with van der Waals surface area (Å²) < 4.78 is 3.29. The lowest BCUT2D eigenvalue weighted by Gasteiger charge is -2.24. The first kappa shape index (κ1) is 10.3. The number of piperidine rings is 1. The number of fused-ring (bicyclic) bond motifs is 1. The van der Waals surface area contributed by atoms with Crippen molar-refractivity contribution < 1.29 is 0 Å². The van der Waals surface area contributed by atoms with Crippen LogP contribution in [0.4, 0.5) is 0 Å². The van der Waals surface area contributed by atoms with Crippen LogP contribution in [-0.2, 0) is 0 Å². The number of hydrogen-bond acceptors (Lipinski definition) is 2. The van der Waals surface area contributed by atoms with Gasteiger partial charge in [0.2, 0.25) is 0 Å². The summed E-state index contributed by atoms with van der Waals surface area (Å²) in [6.45, 7) is 2.16. The molecule has 0 amide bonds. The molecule has 1 atom stereocenters. The summed E-state index contributed by atoms with van der Waals surface area (Å²) >= 11 is 3.61. The van der Waals surface area contributed by atoms with Crippen LogP contribution in [0.25, 0.3) is 10.9 Å². The molecule has 0 spiro atoms. The van der Waals surface area contributed by atoms with Crippen molar-refractivity contribution in [3.63, 3.8) is 0 Å². The minimum Gasteiger partial charge on any atom is -0.315 e. The highest BCUT2D eigenvalue weighted by atomic mass is 79.9. The van der Waals surface area contributed by atoms with E-state index in [1.54, 1.807) is 0 Å². The van der Waals surface area contributed by atoms with Crippen LogP contribution in [0.5, 0.6) is 0 Å². The van der Waals surface area contributed by atoms with E-state index in [-0.39, 0.29) is 0 Å². The van der Waals surface area contributed by atoms with Gasteiger partial charge in [0.05, 0.1) is 17.8 Å². The van der Waals surface area contributed by atoms with Crippen LogP contribution >= 0.6 is 15.9 Å². The van der Waals surface area contributed by atoms with Crippen LogP contribution < -0.4 is 5.32 Å². The SMILES string of the molecule is Brc1cccc2cnn(C3CCCNC3)c12. The van der Waals surface area contributed by atoms with E-state index in [4.69, 9.17) is 0 Å². The van der Waals surface area contributed by atoms with Crippen LogP contribution in [0.15, 0.2) is 28.9 Å². The van der Waals surface area contributed by atoms with Crippen LogP contribution in [0.2, 0.25) is 0 Å². The van der Waals surface area contributed by atoms with Crippen molar-refractivity contribution in [2.45, 2.75) is 18.9 Å². The summed E-state index contributed by atoms with van der Waals surface area (Å²) in [5, 5.41) is 9.17. The predicted molar refractivity (Wildman–Crippen MR) is 68.6 cm³/mol. The second-order valence-corrected chi connectivity index (χ2v) is 5.12. The Kier molecular flexibility index (Phi) is 2.69. The van der Waals surface area contributed by atoms with Gasteiger partial charge in [0, 0.05) is 16.4 Å². The first-order valence-electron chi connectivity index (χ1n) is 5.69. The molecule has 3 nitrogen and oxygen atoms in total. The highest BCUT2D eigenvalue weighted by Crippen LogP contribution is 2.28. The van der Waals surface area contributed by atoms with Gasteiger partial charge in [-0.25, -0.2) is 0 Å². The summed E-state index contributed by atoms with van der Waals surface area (Å²) in [4.78, 5) is 0. The molecule has 1 aromatic heterocycles. The van der Waals surface area contributed by atoms with Gasteiger partial charge in [0.25, 0.3) is 0 Å². The summed E-state index contributed by atoms with van der Waals surface area (Å²) in [5.74, 6) is 0. The molecule has 1 aromatic carbocycles. The Morgan fingerprint density at radius 3 is 3.19 bits per heavy atom. The summed E-state index contributed by atoms with van der Waals surface area (Å²) in [7, 11) is 0. The molecule has 0 aliphatic carbocycles. The number of rotatable bonds is 1. The number of para-hydroxylation sites is 1. The molecule has 2 heterocycles. The zero-order valence-electron chi connectivity index (χ0n) is 8.99. The predicted octanol–water partition coefficient (Wildman–Crippen LogP) is 2.72. The Balaban J connectivity index is 2.09. The zero-order valence-corrected chi connectivity index (χ0v) is 10.6. The van der Waals surface area contributed by atoms with E-state index in [1.165, 1.54) is 23.7 Å². The van der Waals surface area contributed by atoms with Crippen LogP contribution in [0.1, 0.15) is 18.9 Å². The van der Waals surface area contributed by atoms with E-state index in [0.29, 0.717) is 6.04 Å². The third-order valence-corrected chi connectivity index (χ3v) is 3.82. The molecule has 0 radical (unpaired) electrons. The molecule has 84 valence electrons. The maximum atomic E-state index is 4.53. The lowest BCUT2D eigenvalue weighted by Crippen LogP contribution is -2.32. The van der Waals surface area contributed by atoms with E-state index in [0.717, 1.165) is 17.6 Å². The zero-order chi connectivity index (χ0) is 11.0. The molecule has 2 aromatic rings. The standard InChI is InChI=1S/C12H14BrN3/c13-11-5-1-3-9-7-15-16(12(9)11)10-4-2-6-14-8-10/h1,3,5,7,10,14H,2,4,6,8H2. The third-order valence-electron chi connectivity index (χ3n) is 3.19. The largest absolute Gasteiger partial charge is 0.315 e. The van der Waals surface area contributed by atoms with Crippen molar-refractivity contribution in [3.8, 4) is 0 Å². The molecule has 4 heteroatoms. The Bertz CT molecular complexity index is 500. The fourth-order valence-electron chi connectivity index (χ4n) is 2.38. The number of hydrogen-bond donors (Lipinski definition) is 1. The van der Waals surface area contributed by atoms with E-state index in [2.05, 4.69) is 49.2 Å². The second-order valence-electron chi connectivity index (χ2n) is 4.27. The molecule has 1 aliphatic heterocycles. The van der Waals surface area contributed by atoms with Crippen LogP contribution in [0.3, 0.4) is 0 Å². The molecule has 1 fully saturated rings. The number of nitrogens with zero attached hydrogens (tertiary/aromatic N) is 2. The van der Waals surface area contributed by atoms with E-state index in [1.807, 2.05) is 6.20 Å². The summed E-state index contributed by atoms with van der Waals surface area (Å²) in [6, 6.07) is 6.73. The smallest absolute Gasteiger partial charge is 0.0828 e. The fourth-order valence-corrected chi connectivity index (χ4v) is 2.94. The topological polar surface area (TPSA) is 29.9 Å². The van der Waals surface area contributed by atoms with E-state index < -0.39 is 0 Å². The maximum Gasteiger partial charge on any atom is 0.0828 e. The molecule has 16 heavy (non-hydrogen) atoms. The third kappa shape index (κ3) is 1.66. The summed E-state index contributed by atoms with van der Waals surface area (Å²) in [5.41, 5.74) is 1.22. The minimum absolute atomic E-state index is 0.491. The average molecular weight is 280 g/mol. The molecule has 1 N–H and O–H groups in total. The van der Waals surface area contributed by atoms with Crippen molar-refractivity contribution in [3.05, 3.63) is 28.9 Å². The Hall–Kier alpha value is -0.870. The summed E-state index contributed by atoms with van der Waals surface area (Å²) in [6.07, 6.45) is 4.40. The van der Waals surface area contributed by atoms with Crippen molar-refractivity contribution in [1.82, 2.24) is 15.1 Å². The van der Waals surface area contributed by atoms with Gasteiger partial charge in [-0.1, -0.05) is 12.1 Å². The fraction of sp³-hybridized carbons (Fsp3) is 0.417. The minimum atomic E-state index is 0.491. The Morgan fingerprint density at radius 1 is 1.44 bits per heavy atom. The second kappa shape index (κ2) is 4.18. The van der Waals surface area contributed by atoms with Gasteiger partial charge >= 0.3 is 0 Å². The molecule has 1 saturated heterocycles. The van der Waals surface area contributed by atoms with E-state index >= 15 is 0 Å². The molecular weight excluding hydrogens is 266 g/mol. The van der Waals surface area contributed by atoms with Crippen molar-refractivity contribution in [2.24, 2.45) is 0 Å². The molecule has 0 bridgehead atoms. The van der Waals surface area contributed by atoms with Gasteiger partial charge < -0.3 is 5.32 Å². The first-order chi connectivity index (χ1) is 7.86. The van der Waals surface area contributed by atoms with Gasteiger partial charge in [0.15, 0.2) is 0 Å². The van der Waals surface area contributed by atoms with Gasteiger partial charge in [0.1, 0.15) is 0 Å².